The molecule has 1 unspecified atom stereocenters. The van der Waals surface area contributed by atoms with Crippen molar-refractivity contribution in [2.24, 2.45) is 0 Å². The van der Waals surface area contributed by atoms with Gasteiger partial charge in [-0.3, -0.25) is 4.79 Å². The number of hydrogen-bond acceptors (Lipinski definition) is 2. The predicted octanol–water partition coefficient (Wildman–Crippen LogP) is 2.89. The number of carbonyl (C=O) groups is 1. The quantitative estimate of drug-likeness (QED) is 0.719. The highest BCUT2D eigenvalue weighted by Gasteiger charge is 2.24. The predicted molar refractivity (Wildman–Crippen MR) is 59.1 cm³/mol. The van der Waals surface area contributed by atoms with Crippen LogP contribution in [0.1, 0.15) is 35.2 Å². The normalized spacial score (nSPS) is 20.8. The fourth-order valence-electron chi connectivity index (χ4n) is 1.98. The lowest BCUT2D eigenvalue weighted by molar-refractivity contribution is 0.0186. The minimum Gasteiger partial charge on any atom is -0.370 e. The number of aryl methyl sites for hydroxylation is 1. The van der Waals surface area contributed by atoms with Gasteiger partial charge in [-0.1, -0.05) is 6.07 Å². The highest BCUT2D eigenvalue weighted by molar-refractivity contribution is 6.00. The Morgan fingerprint density at radius 1 is 1.44 bits per heavy atom. The highest BCUT2D eigenvalue weighted by Crippen LogP contribution is 2.20. The summed E-state index contributed by atoms with van der Waals surface area (Å²) in [5.74, 6) is -0.457. The Morgan fingerprint density at radius 3 is 2.94 bits per heavy atom. The Hall–Kier alpha value is -1.22. The van der Waals surface area contributed by atoms with Crippen LogP contribution in [0, 0.1) is 12.7 Å². The fraction of sp³-hybridized carbons (Fsp3) is 0.462. The number of rotatable bonds is 2. The molecule has 1 aliphatic rings. The van der Waals surface area contributed by atoms with Crippen LogP contribution in [-0.2, 0) is 4.74 Å². The smallest absolute Gasteiger partial charge is 0.191 e. The lowest BCUT2D eigenvalue weighted by Gasteiger charge is -2.21. The zero-order valence-corrected chi connectivity index (χ0v) is 9.33. The first-order chi connectivity index (χ1) is 7.68. The second-order valence-corrected chi connectivity index (χ2v) is 4.18. The molecule has 0 amide bonds. The van der Waals surface area contributed by atoms with Crippen LogP contribution in [-0.4, -0.2) is 18.5 Å². The van der Waals surface area contributed by atoms with Crippen molar-refractivity contribution in [3.8, 4) is 0 Å². The largest absolute Gasteiger partial charge is 0.370 e. The van der Waals surface area contributed by atoms with Crippen LogP contribution in [0.5, 0.6) is 0 Å². The second kappa shape index (κ2) is 4.74. The SMILES string of the molecule is Cc1ccc(F)cc1C(=O)C1CCCCO1. The van der Waals surface area contributed by atoms with Gasteiger partial charge in [-0.25, -0.2) is 4.39 Å². The Kier molecular flexibility index (Phi) is 3.34. The summed E-state index contributed by atoms with van der Waals surface area (Å²) >= 11 is 0. The van der Waals surface area contributed by atoms with Gasteiger partial charge < -0.3 is 4.74 Å². The summed E-state index contributed by atoms with van der Waals surface area (Å²) in [5, 5.41) is 0. The van der Waals surface area contributed by atoms with Gasteiger partial charge in [-0.05, 0) is 43.9 Å². The monoisotopic (exact) mass is 222 g/mol. The molecule has 86 valence electrons. The van der Waals surface area contributed by atoms with Crippen molar-refractivity contribution in [2.45, 2.75) is 32.3 Å². The molecule has 1 aromatic carbocycles. The van der Waals surface area contributed by atoms with Gasteiger partial charge in [0, 0.05) is 12.2 Å². The van der Waals surface area contributed by atoms with Crippen LogP contribution in [0.4, 0.5) is 4.39 Å². The molecule has 1 fully saturated rings. The van der Waals surface area contributed by atoms with E-state index >= 15 is 0 Å². The summed E-state index contributed by atoms with van der Waals surface area (Å²) in [6, 6.07) is 4.30. The Morgan fingerprint density at radius 2 is 2.25 bits per heavy atom. The molecule has 16 heavy (non-hydrogen) atoms. The Bertz CT molecular complexity index is 395. The molecule has 0 N–H and O–H groups in total. The first-order valence-electron chi connectivity index (χ1n) is 5.60. The van der Waals surface area contributed by atoms with Crippen molar-refractivity contribution in [3.05, 3.63) is 35.1 Å². The molecule has 2 nitrogen and oxygen atoms in total. The second-order valence-electron chi connectivity index (χ2n) is 4.18. The number of ether oxygens (including phenoxy) is 1. The van der Waals surface area contributed by atoms with Crippen molar-refractivity contribution < 1.29 is 13.9 Å². The third-order valence-corrected chi connectivity index (χ3v) is 2.94. The van der Waals surface area contributed by atoms with Gasteiger partial charge in [0.15, 0.2) is 5.78 Å². The molecule has 1 heterocycles. The molecule has 1 saturated heterocycles. The van der Waals surface area contributed by atoms with Crippen molar-refractivity contribution in [1.29, 1.82) is 0 Å². The third-order valence-electron chi connectivity index (χ3n) is 2.94. The lowest BCUT2D eigenvalue weighted by atomic mass is 9.97. The van der Waals surface area contributed by atoms with Crippen LogP contribution in [0.25, 0.3) is 0 Å². The van der Waals surface area contributed by atoms with Crippen LogP contribution in [0.15, 0.2) is 18.2 Å². The maximum absolute atomic E-state index is 13.1. The topological polar surface area (TPSA) is 26.3 Å². The summed E-state index contributed by atoms with van der Waals surface area (Å²) in [6.07, 6.45) is 2.38. The van der Waals surface area contributed by atoms with Gasteiger partial charge in [-0.15, -0.1) is 0 Å². The first-order valence-corrected chi connectivity index (χ1v) is 5.60. The fourth-order valence-corrected chi connectivity index (χ4v) is 1.98. The summed E-state index contributed by atoms with van der Waals surface area (Å²) in [7, 11) is 0. The molecule has 2 rings (SSSR count). The van der Waals surface area contributed by atoms with E-state index in [0.717, 1.165) is 24.8 Å². The molecular formula is C13H15FO2. The summed E-state index contributed by atoms with van der Waals surface area (Å²) in [6.45, 7) is 2.44. The van der Waals surface area contributed by atoms with E-state index in [9.17, 15) is 9.18 Å². The maximum atomic E-state index is 13.1. The number of hydrogen-bond donors (Lipinski definition) is 0. The first kappa shape index (κ1) is 11.3. The van der Waals surface area contributed by atoms with E-state index in [2.05, 4.69) is 0 Å². The maximum Gasteiger partial charge on any atom is 0.191 e. The molecule has 0 aromatic heterocycles. The summed E-state index contributed by atoms with van der Waals surface area (Å²) < 4.78 is 18.5. The molecule has 1 aliphatic heterocycles. The number of ketones is 1. The number of carbonyl (C=O) groups excluding carboxylic acids is 1. The molecule has 1 atom stereocenters. The molecule has 0 aliphatic carbocycles. The van der Waals surface area contributed by atoms with Gasteiger partial charge in [0.05, 0.1) is 0 Å². The number of halogens is 1. The third kappa shape index (κ3) is 2.30. The molecule has 1 aromatic rings. The summed E-state index contributed by atoms with van der Waals surface area (Å²) in [5.41, 5.74) is 1.26. The van der Waals surface area contributed by atoms with Gasteiger partial charge >= 0.3 is 0 Å². The van der Waals surface area contributed by atoms with Gasteiger partial charge in [-0.2, -0.15) is 0 Å². The average Bonchev–Trinajstić information content (AvgIpc) is 2.32. The molecule has 0 bridgehead atoms. The Balaban J connectivity index is 2.22. The van der Waals surface area contributed by atoms with E-state index in [1.54, 1.807) is 6.07 Å². The van der Waals surface area contributed by atoms with E-state index in [-0.39, 0.29) is 17.7 Å². The van der Waals surface area contributed by atoms with E-state index in [1.165, 1.54) is 12.1 Å². The van der Waals surface area contributed by atoms with Gasteiger partial charge in [0.25, 0.3) is 0 Å². The van der Waals surface area contributed by atoms with Crippen molar-refractivity contribution in [1.82, 2.24) is 0 Å². The van der Waals surface area contributed by atoms with Crippen LogP contribution in [0.2, 0.25) is 0 Å². The van der Waals surface area contributed by atoms with Crippen molar-refractivity contribution >= 4 is 5.78 Å². The molecule has 0 spiro atoms. The van der Waals surface area contributed by atoms with Crippen LogP contribution < -0.4 is 0 Å². The van der Waals surface area contributed by atoms with E-state index in [1.807, 2.05) is 6.92 Å². The zero-order valence-electron chi connectivity index (χ0n) is 9.33. The van der Waals surface area contributed by atoms with Gasteiger partial charge in [0.1, 0.15) is 11.9 Å². The highest BCUT2D eigenvalue weighted by atomic mass is 19.1. The van der Waals surface area contributed by atoms with E-state index < -0.39 is 0 Å². The minimum absolute atomic E-state index is 0.0864. The van der Waals surface area contributed by atoms with Crippen molar-refractivity contribution in [2.75, 3.05) is 6.61 Å². The van der Waals surface area contributed by atoms with Crippen LogP contribution in [0.3, 0.4) is 0 Å². The van der Waals surface area contributed by atoms with Gasteiger partial charge in [0.2, 0.25) is 0 Å². The standard InChI is InChI=1S/C13H15FO2/c1-9-5-6-10(14)8-11(9)13(15)12-4-2-3-7-16-12/h5-6,8,12H,2-4,7H2,1H3. The Labute approximate surface area is 94.4 Å². The van der Waals surface area contributed by atoms with Crippen molar-refractivity contribution in [3.63, 3.8) is 0 Å². The average molecular weight is 222 g/mol. The molecular weight excluding hydrogens is 207 g/mol. The zero-order chi connectivity index (χ0) is 11.5. The number of benzene rings is 1. The molecule has 3 heteroatoms. The summed E-state index contributed by atoms with van der Waals surface area (Å²) in [4.78, 5) is 12.1. The molecule has 0 saturated carbocycles. The molecule has 0 radical (unpaired) electrons. The van der Waals surface area contributed by atoms with Crippen LogP contribution >= 0.6 is 0 Å². The van der Waals surface area contributed by atoms with E-state index in [0.29, 0.717) is 12.2 Å². The lowest BCUT2D eigenvalue weighted by Crippen LogP contribution is -2.28. The minimum atomic E-state index is -0.380. The number of Topliss-reactive ketones (excluding diaryl/α,β-unsaturated/α-hetero) is 1. The van der Waals surface area contributed by atoms with E-state index in [4.69, 9.17) is 4.74 Å².